The Balaban J connectivity index is 1.14. The molecule has 42 heavy (non-hydrogen) atoms. The minimum atomic E-state index is -0.833. The average molecular weight is 574 g/mol. The van der Waals surface area contributed by atoms with E-state index in [9.17, 15) is 20.1 Å². The summed E-state index contributed by atoms with van der Waals surface area (Å²) in [5.41, 5.74) is 13.9. The molecule has 7 N–H and O–H groups in total. The van der Waals surface area contributed by atoms with Gasteiger partial charge >= 0.3 is 0 Å². The second-order valence-corrected chi connectivity index (χ2v) is 11.4. The molecule has 0 aromatic heterocycles. The van der Waals surface area contributed by atoms with Crippen LogP contribution in [0.1, 0.15) is 67.4 Å². The quantitative estimate of drug-likeness (QED) is 0.204. The molecule has 9 heteroatoms. The molecule has 0 amide bonds. The maximum atomic E-state index is 12.4. The van der Waals surface area contributed by atoms with Crippen LogP contribution in [0.15, 0.2) is 71.1 Å². The van der Waals surface area contributed by atoms with Crippen LogP contribution >= 0.6 is 0 Å². The van der Waals surface area contributed by atoms with Gasteiger partial charge in [0.25, 0.3) is 0 Å². The summed E-state index contributed by atoms with van der Waals surface area (Å²) in [6, 6.07) is 11.4. The third-order valence-electron chi connectivity index (χ3n) is 8.01. The summed E-state index contributed by atoms with van der Waals surface area (Å²) in [6.07, 6.45) is 9.62. The molecule has 0 radical (unpaired) electrons. The van der Waals surface area contributed by atoms with Crippen LogP contribution in [-0.4, -0.2) is 52.3 Å². The second-order valence-electron chi connectivity index (χ2n) is 11.4. The minimum Gasteiger partial charge on any atom is -0.504 e. The van der Waals surface area contributed by atoms with Crippen LogP contribution in [0.4, 0.5) is 0 Å². The lowest BCUT2D eigenvalue weighted by Crippen LogP contribution is -3.07. The molecule has 0 saturated carbocycles. The monoisotopic (exact) mass is 573 g/mol. The number of hydrogen-bond donors (Lipinski definition) is 6. The van der Waals surface area contributed by atoms with Gasteiger partial charge in [0.1, 0.15) is 30.4 Å². The smallest absolute Gasteiger partial charge is 0.227 e. The summed E-state index contributed by atoms with van der Waals surface area (Å²) in [4.78, 5) is 18.1. The van der Waals surface area contributed by atoms with E-state index in [-0.39, 0.29) is 37.0 Å². The minimum absolute atomic E-state index is 0.0315. The van der Waals surface area contributed by atoms with Crippen molar-refractivity contribution in [1.82, 2.24) is 5.32 Å². The largest absolute Gasteiger partial charge is 0.504 e. The molecule has 0 bridgehead atoms. The van der Waals surface area contributed by atoms with E-state index >= 15 is 0 Å². The molecule has 222 valence electrons. The highest BCUT2D eigenvalue weighted by Crippen LogP contribution is 2.30. The summed E-state index contributed by atoms with van der Waals surface area (Å²) in [6.45, 7) is 2.99. The zero-order chi connectivity index (χ0) is 29.6. The molecule has 2 aromatic rings. The predicted octanol–water partition coefficient (Wildman–Crippen LogP) is 2.43. The van der Waals surface area contributed by atoms with Gasteiger partial charge in [-0.15, -0.1) is 0 Å². The van der Waals surface area contributed by atoms with Gasteiger partial charge in [-0.05, 0) is 71.5 Å². The van der Waals surface area contributed by atoms with Crippen LogP contribution < -0.4 is 20.7 Å². The summed E-state index contributed by atoms with van der Waals surface area (Å²) in [7, 11) is 0. The van der Waals surface area contributed by atoms with Crippen LogP contribution in [0, 0.1) is 0 Å². The molecule has 0 saturated heterocycles. The van der Waals surface area contributed by atoms with Gasteiger partial charge in [0.2, 0.25) is 6.73 Å². The maximum Gasteiger partial charge on any atom is 0.227 e. The summed E-state index contributed by atoms with van der Waals surface area (Å²) >= 11 is 0. The number of carbonyl (C=O) groups excluding carboxylic acids is 1. The van der Waals surface area contributed by atoms with Crippen molar-refractivity contribution in [3.8, 4) is 11.5 Å². The number of ketones is 1. The number of benzene rings is 2. The first kappa shape index (κ1) is 29.7. The van der Waals surface area contributed by atoms with Crippen molar-refractivity contribution in [1.29, 1.82) is 0 Å². The van der Waals surface area contributed by atoms with Crippen LogP contribution in [0.2, 0.25) is 0 Å². The van der Waals surface area contributed by atoms with Gasteiger partial charge in [-0.2, -0.15) is 0 Å². The van der Waals surface area contributed by atoms with E-state index < -0.39 is 12.2 Å². The van der Waals surface area contributed by atoms with Crippen LogP contribution in [0.25, 0.3) is 6.08 Å². The number of nitrogens with zero attached hydrogens (tertiary/aromatic N) is 1. The molecule has 0 aliphatic carbocycles. The number of nitrogens with two attached hydrogens (primary N) is 1. The standard InChI is InChI=1S/C33H40N4O5/c1-2-4-24(38)15-26(40)16-25(39)9-7-21-8-10-31(41)32(13-21)42-20-37-18-29-23(17-36-30(29)19-37)14-22-5-3-6-28-27(22)11-12-35-33(28)34/h3,5-6,8,10-13,17-18,24,26,33,35,38,40-41H,2,4,7,9,14-16,19-20,34H2,1H3/p+1. The molecule has 0 fully saturated rings. The lowest BCUT2D eigenvalue weighted by molar-refractivity contribution is -0.851. The number of nitrogens with one attached hydrogen (secondary N) is 2. The van der Waals surface area contributed by atoms with Gasteiger partial charge in [0.15, 0.2) is 11.5 Å². The number of Topliss-reactive ketones (excluding diaryl/α,β-unsaturated/α-hetero) is 1. The molecular formula is C33H41N4O5+. The van der Waals surface area contributed by atoms with Crippen LogP contribution in [0.3, 0.4) is 0 Å². The van der Waals surface area contributed by atoms with Gasteiger partial charge in [0, 0.05) is 25.5 Å². The molecule has 4 unspecified atom stereocenters. The number of aliphatic hydroxyl groups excluding tert-OH is 2. The third kappa shape index (κ3) is 7.17. The Morgan fingerprint density at radius 3 is 2.93 bits per heavy atom. The fourth-order valence-electron chi connectivity index (χ4n) is 5.79. The number of allylic oxidation sites excluding steroid dienone is 1. The summed E-state index contributed by atoms with van der Waals surface area (Å²) in [5.74, 6) is 0.359. The Hall–Kier alpha value is -3.76. The number of aliphatic imine (C=N–C) groups is 1. The topological polar surface area (TPSA) is 142 Å². The Morgan fingerprint density at radius 1 is 1.24 bits per heavy atom. The number of fused-ring (bicyclic) bond motifs is 2. The molecule has 4 atom stereocenters. The molecule has 9 nitrogen and oxygen atoms in total. The van der Waals surface area contributed by atoms with Gasteiger partial charge in [-0.1, -0.05) is 37.6 Å². The Morgan fingerprint density at radius 2 is 2.10 bits per heavy atom. The summed E-state index contributed by atoms with van der Waals surface area (Å²) in [5, 5.41) is 33.5. The SMILES string of the molecule is CCCC(O)CC(O)CC(=O)CCc1ccc(O)c(OC[NH+]2C=C3C(Cc4cccc5c4C=CNC5N)=CN=C3C2)c1. The number of hydrogen-bond acceptors (Lipinski definition) is 8. The maximum absolute atomic E-state index is 12.4. The molecule has 5 rings (SSSR count). The van der Waals surface area contributed by atoms with Gasteiger partial charge < -0.3 is 31.1 Å². The van der Waals surface area contributed by atoms with Crippen molar-refractivity contribution >= 4 is 17.6 Å². The zero-order valence-electron chi connectivity index (χ0n) is 24.1. The number of aromatic hydroxyl groups is 1. The lowest BCUT2D eigenvalue weighted by Gasteiger charge is -2.22. The predicted molar refractivity (Wildman–Crippen MR) is 162 cm³/mol. The first-order valence-corrected chi connectivity index (χ1v) is 14.8. The number of carbonyl (C=O) groups is 1. The van der Waals surface area contributed by atoms with E-state index in [1.165, 1.54) is 5.56 Å². The number of rotatable bonds is 14. The van der Waals surface area contributed by atoms with Crippen molar-refractivity contribution in [2.24, 2.45) is 10.7 Å². The highest BCUT2D eigenvalue weighted by Gasteiger charge is 2.31. The summed E-state index contributed by atoms with van der Waals surface area (Å²) < 4.78 is 6.02. The van der Waals surface area contributed by atoms with Gasteiger partial charge in [-0.25, -0.2) is 0 Å². The normalized spacial score (nSPS) is 20.1. The molecule has 2 aromatic carbocycles. The van der Waals surface area contributed by atoms with E-state index in [2.05, 4.69) is 34.7 Å². The Labute approximate surface area is 246 Å². The van der Waals surface area contributed by atoms with E-state index in [0.29, 0.717) is 31.9 Å². The van der Waals surface area contributed by atoms with Crippen molar-refractivity contribution in [3.63, 3.8) is 0 Å². The lowest BCUT2D eigenvalue weighted by atomic mass is 9.91. The number of aryl methyl sites for hydroxylation is 1. The van der Waals surface area contributed by atoms with Crippen LogP contribution in [0.5, 0.6) is 11.5 Å². The van der Waals surface area contributed by atoms with Crippen molar-refractivity contribution < 1.29 is 29.8 Å². The Bertz CT molecular complexity index is 1430. The first-order chi connectivity index (χ1) is 20.3. The number of aliphatic hydroxyl groups is 2. The number of phenolic OH excluding ortho intramolecular Hbond substituents is 1. The number of quaternary nitrogens is 1. The van der Waals surface area contributed by atoms with E-state index in [0.717, 1.165) is 51.3 Å². The molecular weight excluding hydrogens is 532 g/mol. The third-order valence-corrected chi connectivity index (χ3v) is 8.01. The van der Waals surface area contributed by atoms with Crippen molar-refractivity contribution in [3.05, 3.63) is 88.4 Å². The highest BCUT2D eigenvalue weighted by atomic mass is 16.5. The number of ether oxygens (including phenoxy) is 1. The van der Waals surface area contributed by atoms with E-state index in [4.69, 9.17) is 10.5 Å². The number of phenols is 1. The van der Waals surface area contributed by atoms with Gasteiger partial charge in [0.05, 0.1) is 17.8 Å². The fraction of sp³-hybridized carbons (Fsp3) is 0.394. The average Bonchev–Trinajstić information content (AvgIpc) is 3.53. The Kier molecular flexibility index (Phi) is 9.54. The van der Waals surface area contributed by atoms with E-state index in [1.54, 1.807) is 18.2 Å². The van der Waals surface area contributed by atoms with Crippen molar-refractivity contribution in [2.75, 3.05) is 13.3 Å². The second kappa shape index (κ2) is 13.5. The highest BCUT2D eigenvalue weighted by molar-refractivity contribution is 6.08. The zero-order valence-corrected chi connectivity index (χ0v) is 24.1. The molecule has 3 heterocycles. The molecule has 0 spiro atoms. The molecule has 3 aliphatic rings. The van der Waals surface area contributed by atoms with Crippen LogP contribution in [-0.2, 0) is 17.6 Å². The van der Waals surface area contributed by atoms with Crippen molar-refractivity contribution in [2.45, 2.75) is 70.2 Å². The van der Waals surface area contributed by atoms with E-state index in [1.807, 2.05) is 25.4 Å². The molecule has 3 aliphatic heterocycles. The first-order valence-electron chi connectivity index (χ1n) is 14.8. The van der Waals surface area contributed by atoms with Gasteiger partial charge in [-0.3, -0.25) is 14.7 Å². The fourth-order valence-corrected chi connectivity index (χ4v) is 5.79.